The molecule has 2 rings (SSSR count). The first-order valence-electron chi connectivity index (χ1n) is 6.65. The van der Waals surface area contributed by atoms with Crippen molar-refractivity contribution in [1.82, 2.24) is 14.6 Å². The van der Waals surface area contributed by atoms with Crippen molar-refractivity contribution in [3.63, 3.8) is 0 Å². The summed E-state index contributed by atoms with van der Waals surface area (Å²) in [6, 6.07) is 5.80. The molecule has 0 radical (unpaired) electrons. The van der Waals surface area contributed by atoms with Gasteiger partial charge in [0.1, 0.15) is 0 Å². The molecule has 1 unspecified atom stereocenters. The van der Waals surface area contributed by atoms with E-state index in [0.717, 1.165) is 25.1 Å². The smallest absolute Gasteiger partial charge is 0.215 e. The Morgan fingerprint density at radius 3 is 2.95 bits per heavy atom. The van der Waals surface area contributed by atoms with Gasteiger partial charge in [0.25, 0.3) is 0 Å². The third kappa shape index (κ3) is 4.26. The third-order valence-corrected chi connectivity index (χ3v) is 5.41. The van der Waals surface area contributed by atoms with Crippen LogP contribution in [0.2, 0.25) is 0 Å². The van der Waals surface area contributed by atoms with Crippen LogP contribution >= 0.6 is 0 Å². The summed E-state index contributed by atoms with van der Waals surface area (Å²) in [4.78, 5) is 4.20. The molecule has 6 heteroatoms. The standard InChI is InChI=1S/C13H21N3O2S/c1-16(10-7-12-5-2-3-8-14-12)19(17,18)11-13-6-4-9-15-13/h2-3,5,8,13,15H,4,6-7,9-11H2,1H3. The summed E-state index contributed by atoms with van der Waals surface area (Å²) < 4.78 is 25.8. The molecule has 2 heterocycles. The Morgan fingerprint density at radius 2 is 2.32 bits per heavy atom. The van der Waals surface area contributed by atoms with Gasteiger partial charge in [0.05, 0.1) is 5.75 Å². The van der Waals surface area contributed by atoms with E-state index in [-0.39, 0.29) is 11.8 Å². The summed E-state index contributed by atoms with van der Waals surface area (Å²) in [7, 11) is -1.52. The molecular formula is C13H21N3O2S. The van der Waals surface area contributed by atoms with E-state index in [2.05, 4.69) is 10.3 Å². The minimum Gasteiger partial charge on any atom is -0.313 e. The highest BCUT2D eigenvalue weighted by molar-refractivity contribution is 7.89. The highest BCUT2D eigenvalue weighted by Gasteiger charge is 2.25. The molecule has 1 saturated heterocycles. The number of sulfonamides is 1. The van der Waals surface area contributed by atoms with Gasteiger partial charge in [0.15, 0.2) is 0 Å². The molecule has 0 saturated carbocycles. The van der Waals surface area contributed by atoms with E-state index in [4.69, 9.17) is 0 Å². The van der Waals surface area contributed by atoms with Crippen LogP contribution in [-0.4, -0.2) is 49.6 Å². The zero-order chi connectivity index (χ0) is 13.7. The second kappa shape index (κ2) is 6.45. The number of aromatic nitrogens is 1. The number of nitrogens with zero attached hydrogens (tertiary/aromatic N) is 2. The SMILES string of the molecule is CN(CCc1ccccn1)S(=O)(=O)CC1CCCN1. The highest BCUT2D eigenvalue weighted by Crippen LogP contribution is 2.10. The van der Waals surface area contributed by atoms with Gasteiger partial charge < -0.3 is 5.32 Å². The molecule has 0 amide bonds. The maximum atomic E-state index is 12.2. The van der Waals surface area contributed by atoms with Crippen molar-refractivity contribution in [3.8, 4) is 0 Å². The second-order valence-corrected chi connectivity index (χ2v) is 7.08. The Labute approximate surface area is 115 Å². The Balaban J connectivity index is 1.85. The van der Waals surface area contributed by atoms with Gasteiger partial charge in [-0.15, -0.1) is 0 Å². The van der Waals surface area contributed by atoms with E-state index >= 15 is 0 Å². The maximum Gasteiger partial charge on any atom is 0.215 e. The molecule has 1 atom stereocenters. The predicted molar refractivity (Wildman–Crippen MR) is 75.4 cm³/mol. The fourth-order valence-corrected chi connectivity index (χ4v) is 3.65. The molecule has 0 bridgehead atoms. The fraction of sp³-hybridized carbons (Fsp3) is 0.615. The van der Waals surface area contributed by atoms with Crippen LogP contribution in [-0.2, 0) is 16.4 Å². The number of pyridine rings is 1. The first-order valence-corrected chi connectivity index (χ1v) is 8.26. The van der Waals surface area contributed by atoms with E-state index in [1.807, 2.05) is 18.2 Å². The zero-order valence-corrected chi connectivity index (χ0v) is 12.1. The van der Waals surface area contributed by atoms with Crippen molar-refractivity contribution >= 4 is 10.0 Å². The largest absolute Gasteiger partial charge is 0.313 e. The summed E-state index contributed by atoms with van der Waals surface area (Å²) in [5.41, 5.74) is 0.920. The molecule has 1 aromatic heterocycles. The number of hydrogen-bond donors (Lipinski definition) is 1. The van der Waals surface area contributed by atoms with Gasteiger partial charge in [0, 0.05) is 37.9 Å². The van der Waals surface area contributed by atoms with Gasteiger partial charge in [-0.3, -0.25) is 4.98 Å². The van der Waals surface area contributed by atoms with Crippen molar-refractivity contribution in [2.75, 3.05) is 25.9 Å². The molecule has 1 aromatic rings. The van der Waals surface area contributed by atoms with Gasteiger partial charge in [0.2, 0.25) is 10.0 Å². The second-order valence-electron chi connectivity index (χ2n) is 4.96. The summed E-state index contributed by atoms with van der Waals surface area (Å²) in [6.07, 6.45) is 4.39. The van der Waals surface area contributed by atoms with E-state index < -0.39 is 10.0 Å². The zero-order valence-electron chi connectivity index (χ0n) is 11.2. The van der Waals surface area contributed by atoms with Crippen molar-refractivity contribution in [1.29, 1.82) is 0 Å². The summed E-state index contributed by atoms with van der Waals surface area (Å²) in [6.45, 7) is 1.41. The minimum absolute atomic E-state index is 0.113. The maximum absolute atomic E-state index is 12.2. The lowest BCUT2D eigenvalue weighted by Gasteiger charge is -2.19. The van der Waals surface area contributed by atoms with Gasteiger partial charge in [-0.1, -0.05) is 6.07 Å². The molecule has 0 aromatic carbocycles. The fourth-order valence-electron chi connectivity index (χ4n) is 2.24. The Morgan fingerprint density at radius 1 is 1.47 bits per heavy atom. The number of hydrogen-bond acceptors (Lipinski definition) is 4. The number of rotatable bonds is 6. The Hall–Kier alpha value is -0.980. The van der Waals surface area contributed by atoms with Crippen molar-refractivity contribution in [2.24, 2.45) is 0 Å². The Bertz CT molecular complexity index is 484. The van der Waals surface area contributed by atoms with Crippen LogP contribution < -0.4 is 5.32 Å². The lowest BCUT2D eigenvalue weighted by Crippen LogP contribution is -2.38. The van der Waals surface area contributed by atoms with E-state index in [1.165, 1.54) is 4.31 Å². The topological polar surface area (TPSA) is 62.3 Å². The normalized spacial score (nSPS) is 20.0. The van der Waals surface area contributed by atoms with Crippen molar-refractivity contribution < 1.29 is 8.42 Å². The van der Waals surface area contributed by atoms with Crippen LogP contribution in [0, 0.1) is 0 Å². The lowest BCUT2D eigenvalue weighted by molar-refractivity contribution is 0.463. The summed E-state index contributed by atoms with van der Waals surface area (Å²) in [5.74, 6) is 0.200. The quantitative estimate of drug-likeness (QED) is 0.832. The van der Waals surface area contributed by atoms with Crippen LogP contribution in [0.1, 0.15) is 18.5 Å². The highest BCUT2D eigenvalue weighted by atomic mass is 32.2. The summed E-state index contributed by atoms with van der Waals surface area (Å²) >= 11 is 0. The van der Waals surface area contributed by atoms with Crippen molar-refractivity contribution in [3.05, 3.63) is 30.1 Å². The molecule has 1 fully saturated rings. The van der Waals surface area contributed by atoms with E-state index in [0.29, 0.717) is 13.0 Å². The van der Waals surface area contributed by atoms with Crippen LogP contribution in [0.4, 0.5) is 0 Å². The number of nitrogens with one attached hydrogen (secondary N) is 1. The Kier molecular flexibility index (Phi) is 4.90. The first-order chi connectivity index (χ1) is 9.08. The van der Waals surface area contributed by atoms with Gasteiger partial charge >= 0.3 is 0 Å². The molecule has 1 aliphatic rings. The molecule has 5 nitrogen and oxygen atoms in total. The lowest BCUT2D eigenvalue weighted by atomic mass is 10.3. The van der Waals surface area contributed by atoms with E-state index in [9.17, 15) is 8.42 Å². The predicted octanol–water partition coefficient (Wildman–Crippen LogP) is 0.638. The molecule has 1 aliphatic heterocycles. The molecule has 106 valence electrons. The number of likely N-dealkylation sites (N-methyl/N-ethyl adjacent to an activating group) is 1. The first kappa shape index (κ1) is 14.4. The van der Waals surface area contributed by atoms with Crippen LogP contribution in [0.5, 0.6) is 0 Å². The van der Waals surface area contributed by atoms with Crippen LogP contribution in [0.3, 0.4) is 0 Å². The van der Waals surface area contributed by atoms with Gasteiger partial charge in [-0.2, -0.15) is 0 Å². The van der Waals surface area contributed by atoms with Crippen LogP contribution in [0.15, 0.2) is 24.4 Å². The molecular weight excluding hydrogens is 262 g/mol. The average Bonchev–Trinajstić information content (AvgIpc) is 2.89. The monoisotopic (exact) mass is 283 g/mol. The third-order valence-electron chi connectivity index (χ3n) is 3.46. The average molecular weight is 283 g/mol. The minimum atomic E-state index is -3.17. The molecule has 0 aliphatic carbocycles. The van der Waals surface area contributed by atoms with Crippen LogP contribution in [0.25, 0.3) is 0 Å². The van der Waals surface area contributed by atoms with E-state index in [1.54, 1.807) is 13.2 Å². The molecule has 1 N–H and O–H groups in total. The molecule has 0 spiro atoms. The van der Waals surface area contributed by atoms with Crippen molar-refractivity contribution in [2.45, 2.75) is 25.3 Å². The summed E-state index contributed by atoms with van der Waals surface area (Å²) in [5, 5.41) is 3.22. The van der Waals surface area contributed by atoms with Gasteiger partial charge in [-0.05, 0) is 31.5 Å². The van der Waals surface area contributed by atoms with Gasteiger partial charge in [-0.25, -0.2) is 12.7 Å². The molecule has 19 heavy (non-hydrogen) atoms.